The van der Waals surface area contributed by atoms with Crippen LogP contribution in [0.15, 0.2) is 48.5 Å². The van der Waals surface area contributed by atoms with Crippen LogP contribution in [0.25, 0.3) is 0 Å². The fourth-order valence-electron chi connectivity index (χ4n) is 4.32. The van der Waals surface area contributed by atoms with Crippen LogP contribution >= 0.6 is 23.2 Å². The summed E-state index contributed by atoms with van der Waals surface area (Å²) >= 11 is 12.6. The number of anilines is 4. The van der Waals surface area contributed by atoms with Crippen LogP contribution in [0.5, 0.6) is 5.75 Å². The van der Waals surface area contributed by atoms with Crippen LogP contribution in [0.2, 0.25) is 10.0 Å². The second kappa shape index (κ2) is 8.67. The Hall–Kier alpha value is -3.30. The molecule has 0 saturated carbocycles. The topological polar surface area (TPSA) is 74.4 Å². The van der Waals surface area contributed by atoms with E-state index in [1.165, 1.54) is 12.1 Å². The van der Waals surface area contributed by atoms with Gasteiger partial charge in [-0.25, -0.2) is 0 Å². The summed E-state index contributed by atoms with van der Waals surface area (Å²) in [5, 5.41) is 13.4. The van der Waals surface area contributed by atoms with Crippen molar-refractivity contribution in [2.75, 3.05) is 21.3 Å². The maximum atomic E-state index is 13.2. The first kappa shape index (κ1) is 24.4. The fourth-order valence-corrected chi connectivity index (χ4v) is 4.83. The third-order valence-electron chi connectivity index (χ3n) is 5.91. The summed E-state index contributed by atoms with van der Waals surface area (Å²) < 4.78 is 44.7. The van der Waals surface area contributed by atoms with Crippen LogP contribution in [0.3, 0.4) is 0 Å². The van der Waals surface area contributed by atoms with Crippen LogP contribution in [-0.4, -0.2) is 17.8 Å². The van der Waals surface area contributed by atoms with Gasteiger partial charge in [-0.3, -0.25) is 4.79 Å². The van der Waals surface area contributed by atoms with Gasteiger partial charge in [0.05, 0.1) is 38.2 Å². The molecule has 0 saturated heterocycles. The third-order valence-corrected chi connectivity index (χ3v) is 6.54. The van der Waals surface area contributed by atoms with E-state index in [0.29, 0.717) is 33.6 Å². The molecule has 36 heavy (non-hydrogen) atoms. The molecule has 11 heteroatoms. The molecule has 5 rings (SSSR count). The number of para-hydroxylation sites is 1. The lowest BCUT2D eigenvalue weighted by Crippen LogP contribution is -2.31. The molecule has 2 aliphatic rings. The number of carbonyl (C=O) groups is 1. The summed E-state index contributed by atoms with van der Waals surface area (Å²) in [5.74, 6) is -0.0762. The highest BCUT2D eigenvalue weighted by Crippen LogP contribution is 2.48. The van der Waals surface area contributed by atoms with E-state index in [1.54, 1.807) is 24.3 Å². The fraction of sp³-hybridized carbons (Fsp3) is 0.240. The maximum Gasteiger partial charge on any atom is 0.416 e. The normalized spacial score (nSPS) is 17.4. The molecule has 1 amide bonds. The van der Waals surface area contributed by atoms with Gasteiger partial charge in [-0.2, -0.15) is 13.2 Å². The van der Waals surface area contributed by atoms with Crippen molar-refractivity contribution in [2.45, 2.75) is 38.3 Å². The Morgan fingerprint density at radius 1 is 1.08 bits per heavy atom. The molecule has 0 aliphatic carbocycles. The number of fused-ring (bicyclic) bond motifs is 3. The van der Waals surface area contributed by atoms with E-state index in [2.05, 4.69) is 21.3 Å². The van der Waals surface area contributed by atoms with Gasteiger partial charge in [0, 0.05) is 17.7 Å². The minimum Gasteiger partial charge on any atom is -0.486 e. The standard InChI is InChI=1S/C25H21Cl2F3N4O2/c1-24(2)11-15-19-18(32-23(33-19)34-20-16(26)4-3-5-17(20)27)10-14(21(15)36-24)22(35)31-13-8-6-12(7-9-13)25(28,29)30/h3-10,23,32-34H,11H2,1-2H3,(H,31,35). The summed E-state index contributed by atoms with van der Waals surface area (Å²) in [5.41, 5.74) is 1.95. The van der Waals surface area contributed by atoms with Crippen LogP contribution < -0.4 is 26.0 Å². The second-order valence-electron chi connectivity index (χ2n) is 9.18. The van der Waals surface area contributed by atoms with Gasteiger partial charge in [-0.15, -0.1) is 0 Å². The Kier molecular flexibility index (Phi) is 5.88. The number of ether oxygens (including phenoxy) is 1. The van der Waals surface area contributed by atoms with E-state index in [1.807, 2.05) is 13.8 Å². The molecule has 3 aromatic carbocycles. The highest BCUT2D eigenvalue weighted by Gasteiger charge is 2.39. The molecular weight excluding hydrogens is 516 g/mol. The Morgan fingerprint density at radius 2 is 1.75 bits per heavy atom. The highest BCUT2D eigenvalue weighted by molar-refractivity contribution is 6.39. The van der Waals surface area contributed by atoms with Crippen LogP contribution in [0.4, 0.5) is 35.9 Å². The molecule has 2 aliphatic heterocycles. The van der Waals surface area contributed by atoms with Crippen molar-refractivity contribution in [3.63, 3.8) is 0 Å². The molecule has 0 bridgehead atoms. The number of hydrogen-bond donors (Lipinski definition) is 4. The van der Waals surface area contributed by atoms with Gasteiger partial charge < -0.3 is 26.0 Å². The van der Waals surface area contributed by atoms with E-state index in [0.717, 1.165) is 23.4 Å². The predicted molar refractivity (Wildman–Crippen MR) is 135 cm³/mol. The lowest BCUT2D eigenvalue weighted by Gasteiger charge is -2.19. The molecule has 6 nitrogen and oxygen atoms in total. The van der Waals surface area contributed by atoms with Crippen LogP contribution in [0.1, 0.15) is 35.3 Å². The van der Waals surface area contributed by atoms with Crippen LogP contribution in [-0.2, 0) is 12.6 Å². The smallest absolute Gasteiger partial charge is 0.416 e. The molecule has 4 N–H and O–H groups in total. The first-order chi connectivity index (χ1) is 16.9. The molecule has 1 unspecified atom stereocenters. The molecule has 1 atom stereocenters. The number of alkyl halides is 3. The Labute approximate surface area is 215 Å². The highest BCUT2D eigenvalue weighted by atomic mass is 35.5. The minimum atomic E-state index is -4.46. The van der Waals surface area contributed by atoms with Gasteiger partial charge in [0.15, 0.2) is 6.29 Å². The zero-order valence-corrected chi connectivity index (χ0v) is 20.6. The predicted octanol–water partition coefficient (Wildman–Crippen LogP) is 7.21. The monoisotopic (exact) mass is 536 g/mol. The van der Waals surface area contributed by atoms with Crippen molar-refractivity contribution in [3.8, 4) is 5.75 Å². The summed E-state index contributed by atoms with van der Waals surface area (Å²) in [6.07, 6.45) is -4.39. The zero-order valence-electron chi connectivity index (χ0n) is 19.1. The number of hydrogen-bond acceptors (Lipinski definition) is 5. The van der Waals surface area contributed by atoms with Gasteiger partial charge in [-0.05, 0) is 56.3 Å². The third kappa shape index (κ3) is 4.60. The summed E-state index contributed by atoms with van der Waals surface area (Å²) in [7, 11) is 0. The number of rotatable bonds is 4. The van der Waals surface area contributed by atoms with Gasteiger partial charge >= 0.3 is 6.18 Å². The largest absolute Gasteiger partial charge is 0.486 e. The molecule has 0 spiro atoms. The Bertz CT molecular complexity index is 1340. The van der Waals surface area contributed by atoms with Crippen LogP contribution in [0, 0.1) is 0 Å². The summed E-state index contributed by atoms with van der Waals surface area (Å²) in [6.45, 7) is 3.83. The molecule has 188 valence electrons. The van der Waals surface area contributed by atoms with Crippen molar-refractivity contribution in [2.24, 2.45) is 0 Å². The van der Waals surface area contributed by atoms with Gasteiger partial charge in [0.25, 0.3) is 5.91 Å². The first-order valence-corrected chi connectivity index (χ1v) is 11.8. The average molecular weight is 537 g/mol. The molecule has 2 heterocycles. The number of carbonyl (C=O) groups excluding carboxylic acids is 1. The summed E-state index contributed by atoms with van der Waals surface area (Å²) in [4.78, 5) is 13.2. The maximum absolute atomic E-state index is 13.2. The van der Waals surface area contributed by atoms with Gasteiger partial charge in [-0.1, -0.05) is 29.3 Å². The van der Waals surface area contributed by atoms with E-state index in [-0.39, 0.29) is 11.3 Å². The Morgan fingerprint density at radius 3 is 2.39 bits per heavy atom. The lowest BCUT2D eigenvalue weighted by molar-refractivity contribution is -0.137. The van der Waals surface area contributed by atoms with E-state index in [4.69, 9.17) is 27.9 Å². The summed E-state index contributed by atoms with van der Waals surface area (Å²) in [6, 6.07) is 11.1. The number of amides is 1. The van der Waals surface area contributed by atoms with E-state index < -0.39 is 29.5 Å². The van der Waals surface area contributed by atoms with Crippen molar-refractivity contribution in [1.82, 2.24) is 0 Å². The van der Waals surface area contributed by atoms with Gasteiger partial charge in [0.1, 0.15) is 11.4 Å². The number of benzene rings is 3. The lowest BCUT2D eigenvalue weighted by atomic mass is 9.97. The van der Waals surface area contributed by atoms with E-state index >= 15 is 0 Å². The molecule has 0 radical (unpaired) electrons. The van der Waals surface area contributed by atoms with Crippen molar-refractivity contribution >= 4 is 51.9 Å². The SMILES string of the molecule is CC1(C)Cc2c3c(cc(C(=O)Nc4ccc(C(F)(F)F)cc4)c2O1)NC(Nc1c(Cl)cccc1Cl)N3. The first-order valence-electron chi connectivity index (χ1n) is 11.0. The van der Waals surface area contributed by atoms with E-state index in [9.17, 15) is 18.0 Å². The number of halogens is 5. The van der Waals surface area contributed by atoms with Crippen molar-refractivity contribution < 1.29 is 22.7 Å². The quantitative estimate of drug-likeness (QED) is 0.283. The average Bonchev–Trinajstić information content (AvgIpc) is 3.34. The second-order valence-corrected chi connectivity index (χ2v) is 10.00. The van der Waals surface area contributed by atoms with Crippen molar-refractivity contribution in [1.29, 1.82) is 0 Å². The molecular formula is C25H21Cl2F3N4O2. The molecule has 0 aromatic heterocycles. The molecule has 0 fully saturated rings. The van der Waals surface area contributed by atoms with Gasteiger partial charge in [0.2, 0.25) is 0 Å². The Balaban J connectivity index is 1.43. The minimum absolute atomic E-state index is 0.235. The van der Waals surface area contributed by atoms with Crippen molar-refractivity contribution in [3.05, 3.63) is 75.3 Å². The molecule has 3 aromatic rings. The zero-order chi connectivity index (χ0) is 25.8. The number of nitrogens with one attached hydrogen (secondary N) is 4.